The molecule has 1 N–H and O–H groups in total. The van der Waals surface area contributed by atoms with E-state index in [-0.39, 0.29) is 31.3 Å². The Kier molecular flexibility index (Phi) is 12.2. The van der Waals surface area contributed by atoms with Crippen molar-refractivity contribution < 1.29 is 18.0 Å². The van der Waals surface area contributed by atoms with Crippen LogP contribution in [0.5, 0.6) is 0 Å². The van der Waals surface area contributed by atoms with Crippen molar-refractivity contribution in [2.75, 3.05) is 23.7 Å². The van der Waals surface area contributed by atoms with E-state index in [1.165, 1.54) is 10.6 Å². The van der Waals surface area contributed by atoms with Crippen molar-refractivity contribution >= 4 is 27.5 Å². The van der Waals surface area contributed by atoms with Gasteiger partial charge in [-0.3, -0.25) is 13.9 Å². The van der Waals surface area contributed by atoms with E-state index in [2.05, 4.69) is 12.2 Å². The van der Waals surface area contributed by atoms with E-state index >= 15 is 0 Å². The molecule has 0 fully saturated rings. The molecular weight excluding hydrogens is 546 g/mol. The number of carbonyl (C=O) groups excluding carboxylic acids is 2. The summed E-state index contributed by atoms with van der Waals surface area (Å²) in [4.78, 5) is 29.2. The summed E-state index contributed by atoms with van der Waals surface area (Å²) in [5.74, 6) is -0.364. The van der Waals surface area contributed by atoms with Crippen LogP contribution >= 0.6 is 0 Å². The fourth-order valence-corrected chi connectivity index (χ4v) is 6.00. The molecule has 1 atom stereocenters. The van der Waals surface area contributed by atoms with Gasteiger partial charge in [0.1, 0.15) is 6.04 Å². The molecule has 0 radical (unpaired) electrons. The highest BCUT2D eigenvalue weighted by atomic mass is 32.2. The average Bonchev–Trinajstić information content (AvgIpc) is 2.93. The first-order valence-corrected chi connectivity index (χ1v) is 16.6. The molecule has 42 heavy (non-hydrogen) atoms. The molecule has 7 nitrogen and oxygen atoms in total. The number of nitrogens with zero attached hydrogens (tertiary/aromatic N) is 2. The average molecular weight is 592 g/mol. The second kappa shape index (κ2) is 15.5. The van der Waals surface area contributed by atoms with E-state index in [0.29, 0.717) is 25.1 Å². The summed E-state index contributed by atoms with van der Waals surface area (Å²) in [6.45, 7) is 8.94. The third-order valence-corrected chi connectivity index (χ3v) is 8.41. The molecule has 226 valence electrons. The lowest BCUT2D eigenvalue weighted by atomic mass is 10.0. The largest absolute Gasteiger partial charge is 0.354 e. The van der Waals surface area contributed by atoms with Gasteiger partial charge in [0.05, 0.1) is 11.9 Å². The van der Waals surface area contributed by atoms with Crippen LogP contribution in [0, 0.1) is 20.8 Å². The Morgan fingerprint density at radius 1 is 0.833 bits per heavy atom. The van der Waals surface area contributed by atoms with E-state index < -0.39 is 16.1 Å². The number of aryl methyl sites for hydroxylation is 3. The predicted octanol–water partition coefficient (Wildman–Crippen LogP) is 5.71. The second-order valence-electron chi connectivity index (χ2n) is 11.1. The fraction of sp³-hybridized carbons (Fsp3) is 0.412. The molecule has 0 aliphatic rings. The highest BCUT2D eigenvalue weighted by molar-refractivity contribution is 7.92. The van der Waals surface area contributed by atoms with Crippen LogP contribution in [-0.4, -0.2) is 50.5 Å². The zero-order valence-corrected chi connectivity index (χ0v) is 26.4. The van der Waals surface area contributed by atoms with E-state index in [1.807, 2.05) is 93.6 Å². The van der Waals surface area contributed by atoms with Crippen molar-refractivity contribution in [3.05, 3.63) is 101 Å². The van der Waals surface area contributed by atoms with Gasteiger partial charge in [-0.2, -0.15) is 0 Å². The summed E-state index contributed by atoms with van der Waals surface area (Å²) in [6, 6.07) is 22.7. The minimum Gasteiger partial charge on any atom is -0.354 e. The minimum atomic E-state index is -3.56. The fourth-order valence-electron chi connectivity index (χ4n) is 5.05. The number of rotatable bonds is 15. The Morgan fingerprint density at radius 2 is 1.48 bits per heavy atom. The Balaban J connectivity index is 1.88. The summed E-state index contributed by atoms with van der Waals surface area (Å²) in [7, 11) is -3.56. The lowest BCUT2D eigenvalue weighted by Gasteiger charge is -2.32. The topological polar surface area (TPSA) is 86.8 Å². The van der Waals surface area contributed by atoms with Crippen LogP contribution in [0.25, 0.3) is 0 Å². The number of hydrogen-bond acceptors (Lipinski definition) is 4. The molecular formula is C34H45N3O4S. The van der Waals surface area contributed by atoms with E-state index in [1.54, 1.807) is 4.90 Å². The third-order valence-electron chi connectivity index (χ3n) is 7.22. The Hall–Kier alpha value is -3.65. The first kappa shape index (κ1) is 32.9. The minimum absolute atomic E-state index is 0.107. The van der Waals surface area contributed by atoms with Crippen LogP contribution in [0.3, 0.4) is 0 Å². The molecule has 0 aliphatic heterocycles. The molecule has 0 saturated heterocycles. The number of sulfonamides is 1. The van der Waals surface area contributed by atoms with Gasteiger partial charge < -0.3 is 10.2 Å². The molecule has 8 heteroatoms. The molecule has 0 unspecified atom stereocenters. The van der Waals surface area contributed by atoms with Gasteiger partial charge in [-0.25, -0.2) is 8.42 Å². The Morgan fingerprint density at radius 3 is 2.07 bits per heavy atom. The molecule has 3 aromatic carbocycles. The Labute approximate surface area is 252 Å². The number of amides is 2. The SMILES string of the molecule is CCCCNC(=O)[C@@H](Cc1ccccc1)N(Cc1ccc(C)cc1)C(=O)CCCN(c1cc(C)cc(C)c1)S(C)(=O)=O. The molecule has 2 amide bonds. The molecule has 0 spiro atoms. The monoisotopic (exact) mass is 591 g/mol. The van der Waals surface area contributed by atoms with Crippen LogP contribution in [0.2, 0.25) is 0 Å². The second-order valence-corrected chi connectivity index (χ2v) is 13.0. The highest BCUT2D eigenvalue weighted by Gasteiger charge is 2.30. The van der Waals surface area contributed by atoms with Gasteiger partial charge in [-0.15, -0.1) is 0 Å². The summed E-state index contributed by atoms with van der Waals surface area (Å²) >= 11 is 0. The maximum absolute atomic E-state index is 13.9. The summed E-state index contributed by atoms with van der Waals surface area (Å²) in [5, 5.41) is 3.04. The number of carbonyl (C=O) groups is 2. The van der Waals surface area contributed by atoms with Crippen molar-refractivity contribution in [3.63, 3.8) is 0 Å². The van der Waals surface area contributed by atoms with Gasteiger partial charge in [0.25, 0.3) is 0 Å². The quantitative estimate of drug-likeness (QED) is 0.229. The smallest absolute Gasteiger partial charge is 0.243 e. The number of anilines is 1. The van der Waals surface area contributed by atoms with Gasteiger partial charge >= 0.3 is 0 Å². The van der Waals surface area contributed by atoms with Crippen LogP contribution in [-0.2, 0) is 32.6 Å². The lowest BCUT2D eigenvalue weighted by Crippen LogP contribution is -2.50. The zero-order chi connectivity index (χ0) is 30.7. The molecule has 3 aromatic rings. The normalized spacial score (nSPS) is 12.0. The predicted molar refractivity (Wildman–Crippen MR) is 171 cm³/mol. The summed E-state index contributed by atoms with van der Waals surface area (Å²) < 4.78 is 26.8. The van der Waals surface area contributed by atoms with Crippen molar-refractivity contribution in [2.45, 2.75) is 72.4 Å². The van der Waals surface area contributed by atoms with Crippen molar-refractivity contribution in [3.8, 4) is 0 Å². The first-order valence-electron chi connectivity index (χ1n) is 14.7. The Bertz CT molecular complexity index is 1400. The third kappa shape index (κ3) is 10.0. The van der Waals surface area contributed by atoms with Gasteiger partial charge in [0.2, 0.25) is 21.8 Å². The molecule has 0 heterocycles. The van der Waals surface area contributed by atoms with Crippen LogP contribution in [0.1, 0.15) is 60.4 Å². The van der Waals surface area contributed by atoms with Crippen LogP contribution in [0.15, 0.2) is 72.8 Å². The highest BCUT2D eigenvalue weighted by Crippen LogP contribution is 2.23. The van der Waals surface area contributed by atoms with Gasteiger partial charge in [-0.1, -0.05) is 79.6 Å². The van der Waals surface area contributed by atoms with Gasteiger partial charge in [0, 0.05) is 32.5 Å². The number of hydrogen-bond donors (Lipinski definition) is 1. The summed E-state index contributed by atoms with van der Waals surface area (Å²) in [6.07, 6.45) is 3.80. The summed E-state index contributed by atoms with van der Waals surface area (Å²) in [5.41, 5.74) is 5.54. The van der Waals surface area contributed by atoms with Crippen LogP contribution in [0.4, 0.5) is 5.69 Å². The molecule has 0 aromatic heterocycles. The van der Waals surface area contributed by atoms with E-state index in [0.717, 1.165) is 40.7 Å². The van der Waals surface area contributed by atoms with Crippen molar-refractivity contribution in [1.82, 2.24) is 10.2 Å². The van der Waals surface area contributed by atoms with Crippen LogP contribution < -0.4 is 9.62 Å². The lowest BCUT2D eigenvalue weighted by molar-refractivity contribution is -0.141. The van der Waals surface area contributed by atoms with Gasteiger partial charge in [-0.05, 0) is 68.0 Å². The van der Waals surface area contributed by atoms with Crippen molar-refractivity contribution in [1.29, 1.82) is 0 Å². The van der Waals surface area contributed by atoms with Gasteiger partial charge in [0.15, 0.2) is 0 Å². The first-order chi connectivity index (χ1) is 20.0. The maximum atomic E-state index is 13.9. The molecule has 0 saturated carbocycles. The number of benzene rings is 3. The molecule has 0 aliphatic carbocycles. The molecule has 3 rings (SSSR count). The standard InChI is InChI=1S/C34H45N3O4S/c1-6-7-19-35-34(39)32(24-29-12-9-8-10-13-29)36(25-30-17-15-26(2)16-18-30)33(38)14-11-20-37(42(5,40)41)31-22-27(3)21-28(4)23-31/h8-10,12-13,15-18,21-23,32H,6-7,11,14,19-20,24-25H2,1-5H3,(H,35,39)/t32-/m1/s1. The van der Waals surface area contributed by atoms with E-state index in [4.69, 9.17) is 0 Å². The number of unbranched alkanes of at least 4 members (excludes halogenated alkanes) is 1. The molecule has 0 bridgehead atoms. The zero-order valence-electron chi connectivity index (χ0n) is 25.6. The van der Waals surface area contributed by atoms with Crippen molar-refractivity contribution in [2.24, 2.45) is 0 Å². The van der Waals surface area contributed by atoms with E-state index in [9.17, 15) is 18.0 Å². The maximum Gasteiger partial charge on any atom is 0.243 e. The number of nitrogens with one attached hydrogen (secondary N) is 1.